The minimum atomic E-state index is 0.245. The van der Waals surface area contributed by atoms with Gasteiger partial charge in [-0.15, -0.1) is 0 Å². The molecule has 4 heteroatoms. The molecule has 19 heavy (non-hydrogen) atoms. The molecule has 0 aliphatic rings. The predicted octanol–water partition coefficient (Wildman–Crippen LogP) is 4.82. The second-order valence-corrected chi connectivity index (χ2v) is 5.32. The van der Waals surface area contributed by atoms with Crippen molar-refractivity contribution in [1.82, 2.24) is 0 Å². The summed E-state index contributed by atoms with van der Waals surface area (Å²) in [6.45, 7) is 2.32. The zero-order valence-corrected chi connectivity index (χ0v) is 13.3. The summed E-state index contributed by atoms with van der Waals surface area (Å²) in [5.74, 6) is 0.823. The van der Waals surface area contributed by atoms with E-state index in [1.54, 1.807) is 18.4 Å². The number of hydrogen-bond acceptors (Lipinski definition) is 3. The van der Waals surface area contributed by atoms with Crippen LogP contribution in [0.5, 0.6) is 5.75 Å². The van der Waals surface area contributed by atoms with Gasteiger partial charge in [-0.3, -0.25) is 0 Å². The molecule has 0 fully saturated rings. The molecule has 0 bridgehead atoms. The van der Waals surface area contributed by atoms with Gasteiger partial charge in [0.15, 0.2) is 6.79 Å². The molecule has 1 heterocycles. The Morgan fingerprint density at radius 1 is 1.37 bits per heavy atom. The van der Waals surface area contributed by atoms with Crippen LogP contribution < -0.4 is 4.74 Å². The van der Waals surface area contributed by atoms with Crippen molar-refractivity contribution in [3.63, 3.8) is 0 Å². The van der Waals surface area contributed by atoms with E-state index in [1.807, 2.05) is 17.1 Å². The van der Waals surface area contributed by atoms with Gasteiger partial charge in [0.05, 0.1) is 0 Å². The maximum atomic E-state index is 5.64. The fourth-order valence-corrected chi connectivity index (χ4v) is 2.96. The van der Waals surface area contributed by atoms with Gasteiger partial charge in [-0.25, -0.2) is 0 Å². The first-order valence-electron chi connectivity index (χ1n) is 5.82. The molecular formula is C15H15BrO2S. The monoisotopic (exact) mass is 338 g/mol. The summed E-state index contributed by atoms with van der Waals surface area (Å²) < 4.78 is 10.6. The van der Waals surface area contributed by atoms with E-state index in [0.29, 0.717) is 0 Å². The van der Waals surface area contributed by atoms with Gasteiger partial charge in [0.2, 0.25) is 0 Å². The van der Waals surface area contributed by atoms with Crippen molar-refractivity contribution in [2.24, 2.45) is 0 Å². The first-order chi connectivity index (χ1) is 9.26. The van der Waals surface area contributed by atoms with E-state index in [2.05, 4.69) is 45.7 Å². The minimum Gasteiger partial charge on any atom is -0.467 e. The molecule has 1 aromatic carbocycles. The quantitative estimate of drug-likeness (QED) is 0.727. The molecule has 0 N–H and O–H groups in total. The Hall–Kier alpha value is -1.10. The molecule has 100 valence electrons. The smallest absolute Gasteiger partial charge is 0.188 e. The highest BCUT2D eigenvalue weighted by Crippen LogP contribution is 2.33. The van der Waals surface area contributed by atoms with Crippen LogP contribution >= 0.6 is 27.3 Å². The van der Waals surface area contributed by atoms with E-state index >= 15 is 0 Å². The van der Waals surface area contributed by atoms with Crippen LogP contribution in [0.1, 0.15) is 16.7 Å². The Morgan fingerprint density at radius 3 is 2.84 bits per heavy atom. The summed E-state index contributed by atoms with van der Waals surface area (Å²) >= 11 is 5.14. The van der Waals surface area contributed by atoms with E-state index < -0.39 is 0 Å². The van der Waals surface area contributed by atoms with Gasteiger partial charge in [-0.05, 0) is 46.4 Å². The lowest BCUT2D eigenvalue weighted by Crippen LogP contribution is -2.02. The Bertz CT molecular complexity index is 562. The lowest BCUT2D eigenvalue weighted by molar-refractivity contribution is 0.0509. The van der Waals surface area contributed by atoms with Crippen LogP contribution in [0.25, 0.3) is 5.57 Å². The molecule has 0 saturated heterocycles. The highest BCUT2D eigenvalue weighted by Gasteiger charge is 2.11. The molecule has 2 nitrogen and oxygen atoms in total. The SMILES string of the molecule is COCOc1ccc(C)cc1/C(=C\Br)c1ccsc1. The average molecular weight is 339 g/mol. The zero-order valence-electron chi connectivity index (χ0n) is 10.9. The van der Waals surface area contributed by atoms with Gasteiger partial charge in [0.25, 0.3) is 0 Å². The summed E-state index contributed by atoms with van der Waals surface area (Å²) in [7, 11) is 1.62. The molecule has 0 saturated carbocycles. The van der Waals surface area contributed by atoms with E-state index in [9.17, 15) is 0 Å². The van der Waals surface area contributed by atoms with Gasteiger partial charge >= 0.3 is 0 Å². The van der Waals surface area contributed by atoms with Crippen molar-refractivity contribution in [2.75, 3.05) is 13.9 Å². The largest absolute Gasteiger partial charge is 0.467 e. The summed E-state index contributed by atoms with van der Waals surface area (Å²) in [5, 5.41) is 4.19. The van der Waals surface area contributed by atoms with Crippen molar-refractivity contribution >= 4 is 32.8 Å². The lowest BCUT2D eigenvalue weighted by atomic mass is 9.99. The molecule has 2 aromatic rings. The maximum absolute atomic E-state index is 5.64. The lowest BCUT2D eigenvalue weighted by Gasteiger charge is -2.13. The van der Waals surface area contributed by atoms with Gasteiger partial charge in [0.1, 0.15) is 5.75 Å². The van der Waals surface area contributed by atoms with Crippen LogP contribution in [0, 0.1) is 6.92 Å². The Kier molecular flexibility index (Phi) is 5.19. The van der Waals surface area contributed by atoms with Crippen molar-refractivity contribution < 1.29 is 9.47 Å². The number of benzene rings is 1. The molecule has 0 radical (unpaired) electrons. The molecule has 0 unspecified atom stereocenters. The number of methoxy groups -OCH3 is 1. The Labute approximate surface area is 125 Å². The molecular weight excluding hydrogens is 324 g/mol. The standard InChI is InChI=1S/C15H15BrO2S/c1-11-3-4-15(18-10-17-2)13(7-11)14(8-16)12-5-6-19-9-12/h3-9H,10H2,1-2H3/b14-8-. The minimum absolute atomic E-state index is 0.245. The van der Waals surface area contributed by atoms with Crippen LogP contribution in [0.3, 0.4) is 0 Å². The number of ether oxygens (including phenoxy) is 2. The number of hydrogen-bond donors (Lipinski definition) is 0. The van der Waals surface area contributed by atoms with Crippen molar-refractivity contribution in [2.45, 2.75) is 6.92 Å². The van der Waals surface area contributed by atoms with E-state index in [-0.39, 0.29) is 6.79 Å². The zero-order chi connectivity index (χ0) is 13.7. The number of thiophene rings is 1. The summed E-state index contributed by atoms with van der Waals surface area (Å²) in [6, 6.07) is 8.23. The third kappa shape index (κ3) is 3.47. The van der Waals surface area contributed by atoms with Crippen LogP contribution in [-0.4, -0.2) is 13.9 Å². The predicted molar refractivity (Wildman–Crippen MR) is 84.0 cm³/mol. The molecule has 0 amide bonds. The van der Waals surface area contributed by atoms with Crippen LogP contribution in [0.15, 0.2) is 40.0 Å². The van der Waals surface area contributed by atoms with Crippen molar-refractivity contribution in [3.05, 3.63) is 56.7 Å². The van der Waals surface area contributed by atoms with Gasteiger partial charge in [-0.1, -0.05) is 27.6 Å². The summed E-state index contributed by atoms with van der Waals surface area (Å²) in [5.41, 5.74) is 4.54. The van der Waals surface area contributed by atoms with Crippen LogP contribution in [-0.2, 0) is 4.74 Å². The van der Waals surface area contributed by atoms with E-state index in [0.717, 1.165) is 16.9 Å². The number of halogens is 1. The molecule has 0 atom stereocenters. The second-order valence-electron chi connectivity index (χ2n) is 4.09. The first kappa shape index (κ1) is 14.3. The van der Waals surface area contributed by atoms with Crippen molar-refractivity contribution in [1.29, 1.82) is 0 Å². The maximum Gasteiger partial charge on any atom is 0.188 e. The molecule has 1 aromatic heterocycles. The second kappa shape index (κ2) is 6.89. The highest BCUT2D eigenvalue weighted by molar-refractivity contribution is 9.11. The molecule has 0 spiro atoms. The fourth-order valence-electron chi connectivity index (χ4n) is 1.80. The van der Waals surface area contributed by atoms with Gasteiger partial charge < -0.3 is 9.47 Å². The van der Waals surface area contributed by atoms with Crippen molar-refractivity contribution in [3.8, 4) is 5.75 Å². The highest BCUT2D eigenvalue weighted by atomic mass is 79.9. The normalized spacial score (nSPS) is 11.6. The Morgan fingerprint density at radius 2 is 2.21 bits per heavy atom. The molecule has 2 rings (SSSR count). The number of aryl methyl sites for hydroxylation is 1. The van der Waals surface area contributed by atoms with E-state index in [1.165, 1.54) is 11.1 Å². The molecule has 0 aliphatic heterocycles. The topological polar surface area (TPSA) is 18.5 Å². The van der Waals surface area contributed by atoms with Gasteiger partial charge in [0, 0.05) is 18.2 Å². The van der Waals surface area contributed by atoms with Crippen LogP contribution in [0.2, 0.25) is 0 Å². The molecule has 0 aliphatic carbocycles. The summed E-state index contributed by atoms with van der Waals surface area (Å²) in [4.78, 5) is 1.93. The third-order valence-electron chi connectivity index (χ3n) is 2.70. The van der Waals surface area contributed by atoms with Gasteiger partial charge in [-0.2, -0.15) is 11.3 Å². The Balaban J connectivity index is 2.44. The van der Waals surface area contributed by atoms with E-state index in [4.69, 9.17) is 9.47 Å². The third-order valence-corrected chi connectivity index (χ3v) is 3.84. The first-order valence-corrected chi connectivity index (χ1v) is 7.68. The average Bonchev–Trinajstić information content (AvgIpc) is 2.93. The fraction of sp³-hybridized carbons (Fsp3) is 0.200. The summed E-state index contributed by atoms with van der Waals surface area (Å²) in [6.07, 6.45) is 0. The van der Waals surface area contributed by atoms with Crippen LogP contribution in [0.4, 0.5) is 0 Å². The number of rotatable bonds is 5.